The van der Waals surface area contributed by atoms with E-state index in [-0.39, 0.29) is 5.91 Å². The van der Waals surface area contributed by atoms with Gasteiger partial charge in [0, 0.05) is 12.1 Å². The minimum absolute atomic E-state index is 0.0430. The zero-order valence-corrected chi connectivity index (χ0v) is 20.5. The number of likely N-dealkylation sites (tertiary alicyclic amines) is 1. The Labute approximate surface area is 210 Å². The Hall–Kier alpha value is -3.98. The van der Waals surface area contributed by atoms with Gasteiger partial charge in [-0.3, -0.25) is 4.79 Å². The molecule has 184 valence electrons. The SMILES string of the molecule is Cc1ccc(-n2ncc3c(N=NCc4ccc(C(=O)NCCCN5CCCC5)cc4)ncnc32)cc1. The van der Waals surface area contributed by atoms with Crippen molar-refractivity contribution in [1.29, 1.82) is 0 Å². The number of benzene rings is 2. The van der Waals surface area contributed by atoms with E-state index in [0.717, 1.165) is 29.6 Å². The number of rotatable bonds is 9. The molecule has 5 rings (SSSR count). The number of fused-ring (bicyclic) bond motifs is 1. The molecule has 1 aliphatic rings. The molecule has 9 nitrogen and oxygen atoms in total. The molecule has 0 bridgehead atoms. The van der Waals surface area contributed by atoms with Crippen molar-refractivity contribution in [2.24, 2.45) is 10.2 Å². The number of carbonyl (C=O) groups excluding carboxylic acids is 1. The van der Waals surface area contributed by atoms with Gasteiger partial charge in [0.25, 0.3) is 5.91 Å². The van der Waals surface area contributed by atoms with Gasteiger partial charge in [-0.05, 0) is 75.6 Å². The van der Waals surface area contributed by atoms with Crippen LogP contribution in [0.1, 0.15) is 40.7 Å². The van der Waals surface area contributed by atoms with Gasteiger partial charge in [0.05, 0.1) is 23.8 Å². The first-order valence-corrected chi connectivity index (χ1v) is 12.4. The van der Waals surface area contributed by atoms with Gasteiger partial charge in [-0.15, -0.1) is 5.11 Å². The highest BCUT2D eigenvalue weighted by molar-refractivity contribution is 5.94. The average molecular weight is 483 g/mol. The maximum absolute atomic E-state index is 12.4. The maximum atomic E-state index is 12.4. The molecule has 36 heavy (non-hydrogen) atoms. The summed E-state index contributed by atoms with van der Waals surface area (Å²) in [7, 11) is 0. The van der Waals surface area contributed by atoms with Gasteiger partial charge in [0.1, 0.15) is 6.33 Å². The van der Waals surface area contributed by atoms with E-state index in [9.17, 15) is 4.79 Å². The van der Waals surface area contributed by atoms with Crippen molar-refractivity contribution in [3.8, 4) is 5.69 Å². The van der Waals surface area contributed by atoms with E-state index in [0.29, 0.717) is 30.1 Å². The predicted octanol–water partition coefficient (Wildman–Crippen LogP) is 4.62. The lowest BCUT2D eigenvalue weighted by Crippen LogP contribution is -2.28. The van der Waals surface area contributed by atoms with Crippen molar-refractivity contribution < 1.29 is 4.79 Å². The van der Waals surface area contributed by atoms with Gasteiger partial charge in [-0.1, -0.05) is 29.8 Å². The summed E-state index contributed by atoms with van der Waals surface area (Å²) in [6.45, 7) is 6.55. The van der Waals surface area contributed by atoms with E-state index in [1.807, 2.05) is 55.5 Å². The van der Waals surface area contributed by atoms with E-state index < -0.39 is 0 Å². The van der Waals surface area contributed by atoms with Gasteiger partial charge < -0.3 is 10.2 Å². The van der Waals surface area contributed by atoms with E-state index in [1.165, 1.54) is 37.8 Å². The quantitative estimate of drug-likeness (QED) is 0.277. The molecule has 1 N–H and O–H groups in total. The highest BCUT2D eigenvalue weighted by atomic mass is 16.1. The third kappa shape index (κ3) is 5.63. The van der Waals surface area contributed by atoms with Gasteiger partial charge >= 0.3 is 0 Å². The van der Waals surface area contributed by atoms with E-state index in [4.69, 9.17) is 0 Å². The molecule has 0 radical (unpaired) electrons. The fourth-order valence-corrected chi connectivity index (χ4v) is 4.34. The van der Waals surface area contributed by atoms with Crippen LogP contribution in [0.5, 0.6) is 0 Å². The number of nitrogens with one attached hydrogen (secondary N) is 1. The van der Waals surface area contributed by atoms with Gasteiger partial charge in [0.2, 0.25) is 0 Å². The molecule has 4 aromatic rings. The number of amides is 1. The zero-order valence-electron chi connectivity index (χ0n) is 20.5. The summed E-state index contributed by atoms with van der Waals surface area (Å²) in [5.41, 5.74) is 4.40. The van der Waals surface area contributed by atoms with Crippen LogP contribution in [0.3, 0.4) is 0 Å². The highest BCUT2D eigenvalue weighted by Crippen LogP contribution is 2.24. The number of aromatic nitrogens is 4. The lowest BCUT2D eigenvalue weighted by molar-refractivity contribution is 0.0952. The molecular formula is C27H30N8O. The summed E-state index contributed by atoms with van der Waals surface area (Å²) < 4.78 is 1.77. The van der Waals surface area contributed by atoms with Crippen LogP contribution in [0.2, 0.25) is 0 Å². The molecule has 0 unspecified atom stereocenters. The monoisotopic (exact) mass is 482 g/mol. The summed E-state index contributed by atoms with van der Waals surface area (Å²) in [5, 5.41) is 16.9. The standard InChI is InChI=1S/C27H30N8O/c1-20-5-11-23(12-6-20)35-26-24(18-32-35)25(29-19-30-26)33-31-17-21-7-9-22(10-8-21)27(36)28-13-4-16-34-14-2-3-15-34/h5-12,18-19H,2-4,13-17H2,1H3,(H,28,36). The second kappa shape index (κ2) is 11.2. The molecule has 1 fully saturated rings. The largest absolute Gasteiger partial charge is 0.352 e. The molecule has 0 atom stereocenters. The molecule has 3 heterocycles. The number of carbonyl (C=O) groups is 1. The predicted molar refractivity (Wildman–Crippen MR) is 139 cm³/mol. The fourth-order valence-electron chi connectivity index (χ4n) is 4.34. The van der Waals surface area contributed by atoms with Crippen molar-refractivity contribution in [3.63, 3.8) is 0 Å². The van der Waals surface area contributed by atoms with Crippen LogP contribution >= 0.6 is 0 Å². The summed E-state index contributed by atoms with van der Waals surface area (Å²) in [6, 6.07) is 15.5. The van der Waals surface area contributed by atoms with Crippen LogP contribution in [-0.2, 0) is 6.54 Å². The lowest BCUT2D eigenvalue weighted by Gasteiger charge is -2.14. The molecule has 1 aliphatic heterocycles. The van der Waals surface area contributed by atoms with Crippen LogP contribution < -0.4 is 5.32 Å². The Morgan fingerprint density at radius 3 is 2.58 bits per heavy atom. The van der Waals surface area contributed by atoms with Crippen molar-refractivity contribution in [2.45, 2.75) is 32.7 Å². The normalized spacial score (nSPS) is 14.1. The maximum Gasteiger partial charge on any atom is 0.251 e. The van der Waals surface area contributed by atoms with E-state index >= 15 is 0 Å². The molecular weight excluding hydrogens is 452 g/mol. The molecule has 0 saturated carbocycles. The molecule has 2 aromatic heterocycles. The van der Waals surface area contributed by atoms with Crippen molar-refractivity contribution in [3.05, 3.63) is 77.7 Å². The molecule has 0 aliphatic carbocycles. The number of azo groups is 1. The summed E-state index contributed by atoms with van der Waals surface area (Å²) in [5.74, 6) is 0.432. The number of hydrogen-bond donors (Lipinski definition) is 1. The molecule has 1 saturated heterocycles. The number of nitrogens with zero attached hydrogens (tertiary/aromatic N) is 7. The van der Waals surface area contributed by atoms with E-state index in [1.54, 1.807) is 10.9 Å². The topological polar surface area (TPSA) is 101 Å². The second-order valence-electron chi connectivity index (χ2n) is 9.08. The Morgan fingerprint density at radius 2 is 1.81 bits per heavy atom. The smallest absolute Gasteiger partial charge is 0.251 e. The Balaban J connectivity index is 1.17. The minimum atomic E-state index is -0.0430. The van der Waals surface area contributed by atoms with Crippen LogP contribution in [-0.4, -0.2) is 56.7 Å². The van der Waals surface area contributed by atoms with Crippen molar-refractivity contribution in [2.75, 3.05) is 26.2 Å². The zero-order chi connectivity index (χ0) is 24.7. The van der Waals surface area contributed by atoms with E-state index in [2.05, 4.69) is 35.5 Å². The Bertz CT molecular complexity index is 1340. The average Bonchev–Trinajstić information content (AvgIpc) is 3.58. The molecule has 1 amide bonds. The van der Waals surface area contributed by atoms with Crippen molar-refractivity contribution in [1.82, 2.24) is 30.0 Å². The van der Waals surface area contributed by atoms with Crippen LogP contribution in [0.15, 0.2) is 71.3 Å². The van der Waals surface area contributed by atoms with Crippen LogP contribution in [0.25, 0.3) is 16.7 Å². The van der Waals surface area contributed by atoms with Gasteiger partial charge in [-0.2, -0.15) is 10.2 Å². The third-order valence-electron chi connectivity index (χ3n) is 6.39. The molecule has 9 heteroatoms. The number of aryl methyl sites for hydroxylation is 1. The molecule has 0 spiro atoms. The highest BCUT2D eigenvalue weighted by Gasteiger charge is 2.12. The number of hydrogen-bond acceptors (Lipinski definition) is 7. The fraction of sp³-hybridized carbons (Fsp3) is 0.333. The lowest BCUT2D eigenvalue weighted by atomic mass is 10.1. The molecule has 2 aromatic carbocycles. The summed E-state index contributed by atoms with van der Waals surface area (Å²) >= 11 is 0. The first-order valence-electron chi connectivity index (χ1n) is 12.4. The Morgan fingerprint density at radius 1 is 1.03 bits per heavy atom. The van der Waals surface area contributed by atoms with Crippen LogP contribution in [0, 0.1) is 6.92 Å². The van der Waals surface area contributed by atoms with Crippen LogP contribution in [0.4, 0.5) is 5.82 Å². The Kier molecular flexibility index (Phi) is 7.37. The van der Waals surface area contributed by atoms with Crippen molar-refractivity contribution >= 4 is 22.8 Å². The summed E-state index contributed by atoms with van der Waals surface area (Å²) in [4.78, 5) is 23.5. The van der Waals surface area contributed by atoms with Gasteiger partial charge in [0.15, 0.2) is 11.5 Å². The third-order valence-corrected chi connectivity index (χ3v) is 6.39. The first kappa shape index (κ1) is 23.7. The van der Waals surface area contributed by atoms with Gasteiger partial charge in [-0.25, -0.2) is 14.6 Å². The first-order chi connectivity index (χ1) is 17.7. The minimum Gasteiger partial charge on any atom is -0.352 e. The summed E-state index contributed by atoms with van der Waals surface area (Å²) in [6.07, 6.45) is 6.75. The second-order valence-corrected chi connectivity index (χ2v) is 9.08.